The van der Waals surface area contributed by atoms with E-state index in [4.69, 9.17) is 21.3 Å². The van der Waals surface area contributed by atoms with Crippen LogP contribution in [0.1, 0.15) is 25.3 Å². The number of hydrogen-bond donors (Lipinski definition) is 2. The van der Waals surface area contributed by atoms with E-state index in [1.54, 1.807) is 7.11 Å². The maximum atomic E-state index is 6.04. The number of hydrogen-bond acceptors (Lipinski definition) is 4. The van der Waals surface area contributed by atoms with Crippen molar-refractivity contribution in [1.29, 1.82) is 0 Å². The van der Waals surface area contributed by atoms with Gasteiger partial charge in [-0.3, -0.25) is 0 Å². The maximum Gasteiger partial charge on any atom is 0.191 e. The number of ether oxygens (including phenoxy) is 1. The Morgan fingerprint density at radius 1 is 1.32 bits per heavy atom. The minimum absolute atomic E-state index is 0. The number of rotatable bonds is 6. The zero-order valence-electron chi connectivity index (χ0n) is 16.3. The molecule has 0 bridgehead atoms. The summed E-state index contributed by atoms with van der Waals surface area (Å²) >= 11 is 7.85. The van der Waals surface area contributed by atoms with Gasteiger partial charge in [-0.15, -0.1) is 35.3 Å². The third-order valence-corrected chi connectivity index (χ3v) is 5.82. The average molecular weight is 535 g/mol. The molecule has 0 radical (unpaired) electrons. The van der Waals surface area contributed by atoms with Crippen molar-refractivity contribution in [1.82, 2.24) is 10.6 Å². The first-order chi connectivity index (χ1) is 13.2. The van der Waals surface area contributed by atoms with Crippen molar-refractivity contribution >= 4 is 57.9 Å². The van der Waals surface area contributed by atoms with Gasteiger partial charge >= 0.3 is 0 Å². The summed E-state index contributed by atoms with van der Waals surface area (Å²) in [7, 11) is 1.66. The van der Waals surface area contributed by atoms with Gasteiger partial charge in [0.2, 0.25) is 0 Å². The minimum atomic E-state index is 0. The number of benzene rings is 1. The molecule has 154 valence electrons. The standard InChI is InChI=1S/C20H27ClN4OS.HI/c1-3-22-20(23-14-15-6-7-16(21)13-18(15)26-2)24-17-8-10-25(11-9-17)19-5-4-12-27-19;/h4-7,12-13,17H,3,8-11,14H2,1-2H3,(H2,22,23,24);1H. The first-order valence-corrected chi connectivity index (χ1v) is 10.6. The molecule has 0 saturated carbocycles. The average Bonchev–Trinajstić information content (AvgIpc) is 3.22. The molecule has 0 unspecified atom stereocenters. The molecule has 2 N–H and O–H groups in total. The zero-order valence-corrected chi connectivity index (χ0v) is 20.2. The predicted octanol–water partition coefficient (Wildman–Crippen LogP) is 4.75. The van der Waals surface area contributed by atoms with Crippen molar-refractivity contribution in [3.63, 3.8) is 0 Å². The van der Waals surface area contributed by atoms with E-state index in [0.29, 0.717) is 17.6 Å². The van der Waals surface area contributed by atoms with Gasteiger partial charge in [0.15, 0.2) is 5.96 Å². The van der Waals surface area contributed by atoms with Crippen LogP contribution in [0.15, 0.2) is 40.7 Å². The smallest absolute Gasteiger partial charge is 0.191 e. The summed E-state index contributed by atoms with van der Waals surface area (Å²) < 4.78 is 5.42. The van der Waals surface area contributed by atoms with Gasteiger partial charge in [0, 0.05) is 36.3 Å². The first-order valence-electron chi connectivity index (χ1n) is 9.35. The SMILES string of the molecule is CCNC(=NCc1ccc(Cl)cc1OC)NC1CCN(c2cccs2)CC1.I. The van der Waals surface area contributed by atoms with E-state index in [-0.39, 0.29) is 24.0 Å². The van der Waals surface area contributed by atoms with Gasteiger partial charge in [-0.25, -0.2) is 4.99 Å². The monoisotopic (exact) mass is 534 g/mol. The molecule has 0 amide bonds. The Bertz CT molecular complexity index is 749. The lowest BCUT2D eigenvalue weighted by atomic mass is 10.1. The molecule has 2 aromatic rings. The minimum Gasteiger partial charge on any atom is -0.496 e. The van der Waals surface area contributed by atoms with E-state index in [9.17, 15) is 0 Å². The fraction of sp³-hybridized carbons (Fsp3) is 0.450. The molecule has 1 aromatic heterocycles. The van der Waals surface area contributed by atoms with Crippen LogP contribution in [-0.2, 0) is 6.54 Å². The van der Waals surface area contributed by atoms with Crippen molar-refractivity contribution in [3.8, 4) is 5.75 Å². The second-order valence-electron chi connectivity index (χ2n) is 6.51. The van der Waals surface area contributed by atoms with Gasteiger partial charge in [-0.2, -0.15) is 0 Å². The maximum absolute atomic E-state index is 6.04. The zero-order chi connectivity index (χ0) is 19.1. The van der Waals surface area contributed by atoms with Gasteiger partial charge in [0.1, 0.15) is 5.75 Å². The van der Waals surface area contributed by atoms with E-state index in [2.05, 4.69) is 40.0 Å². The summed E-state index contributed by atoms with van der Waals surface area (Å²) in [6.07, 6.45) is 2.21. The van der Waals surface area contributed by atoms with Crippen molar-refractivity contribution in [2.75, 3.05) is 31.6 Å². The lowest BCUT2D eigenvalue weighted by molar-refractivity contribution is 0.410. The Balaban J connectivity index is 0.00000280. The van der Waals surface area contributed by atoms with E-state index >= 15 is 0 Å². The van der Waals surface area contributed by atoms with Crippen LogP contribution in [0.3, 0.4) is 0 Å². The fourth-order valence-electron chi connectivity index (χ4n) is 3.22. The van der Waals surface area contributed by atoms with Gasteiger partial charge < -0.3 is 20.3 Å². The third-order valence-electron chi connectivity index (χ3n) is 4.65. The number of nitrogens with one attached hydrogen (secondary N) is 2. The van der Waals surface area contributed by atoms with E-state index in [1.807, 2.05) is 29.5 Å². The summed E-state index contributed by atoms with van der Waals surface area (Å²) in [6, 6.07) is 10.4. The molecule has 1 aromatic carbocycles. The summed E-state index contributed by atoms with van der Waals surface area (Å²) in [5, 5.41) is 11.1. The molecule has 28 heavy (non-hydrogen) atoms. The van der Waals surface area contributed by atoms with Crippen molar-refractivity contribution in [3.05, 3.63) is 46.3 Å². The molecule has 3 rings (SSSR count). The van der Waals surface area contributed by atoms with Gasteiger partial charge in [-0.05, 0) is 49.4 Å². The van der Waals surface area contributed by atoms with Crippen molar-refractivity contribution in [2.45, 2.75) is 32.4 Å². The van der Waals surface area contributed by atoms with Gasteiger partial charge in [0.05, 0.1) is 18.7 Å². The highest BCUT2D eigenvalue weighted by atomic mass is 127. The van der Waals surface area contributed by atoms with Crippen LogP contribution in [0.4, 0.5) is 5.00 Å². The fourth-order valence-corrected chi connectivity index (χ4v) is 4.17. The molecule has 0 spiro atoms. The van der Waals surface area contributed by atoms with Crippen LogP contribution < -0.4 is 20.3 Å². The first kappa shape index (κ1) is 23.1. The number of thiophene rings is 1. The Morgan fingerprint density at radius 2 is 2.11 bits per heavy atom. The Hall–Kier alpha value is -1.19. The second-order valence-corrected chi connectivity index (χ2v) is 7.87. The molecule has 1 fully saturated rings. The second kappa shape index (κ2) is 11.7. The lowest BCUT2D eigenvalue weighted by Gasteiger charge is -2.33. The number of anilines is 1. The molecular weight excluding hydrogens is 507 g/mol. The largest absolute Gasteiger partial charge is 0.496 e. The van der Waals surface area contributed by atoms with Crippen LogP contribution in [-0.4, -0.2) is 38.7 Å². The molecule has 2 heterocycles. The summed E-state index contributed by atoms with van der Waals surface area (Å²) in [5.74, 6) is 1.62. The number of aliphatic imine (C=N–C) groups is 1. The highest BCUT2D eigenvalue weighted by Gasteiger charge is 2.20. The molecule has 0 atom stereocenters. The van der Waals surface area contributed by atoms with Crippen LogP contribution in [0.25, 0.3) is 0 Å². The Labute approximate surface area is 193 Å². The molecular formula is C20H28ClIN4OS. The van der Waals surface area contributed by atoms with Crippen LogP contribution in [0, 0.1) is 0 Å². The summed E-state index contributed by atoms with van der Waals surface area (Å²) in [6.45, 7) is 5.60. The van der Waals surface area contributed by atoms with E-state index in [1.165, 1.54) is 5.00 Å². The molecule has 1 aliphatic rings. The van der Waals surface area contributed by atoms with Crippen molar-refractivity contribution in [2.24, 2.45) is 4.99 Å². The highest BCUT2D eigenvalue weighted by Crippen LogP contribution is 2.25. The number of piperidine rings is 1. The summed E-state index contributed by atoms with van der Waals surface area (Å²) in [4.78, 5) is 7.21. The molecule has 1 aliphatic heterocycles. The number of guanidine groups is 1. The Kier molecular flexibility index (Phi) is 9.67. The summed E-state index contributed by atoms with van der Waals surface area (Å²) in [5.41, 5.74) is 1.02. The highest BCUT2D eigenvalue weighted by molar-refractivity contribution is 14.0. The number of nitrogens with zero attached hydrogens (tertiary/aromatic N) is 2. The van der Waals surface area contributed by atoms with Gasteiger partial charge in [-0.1, -0.05) is 17.7 Å². The lowest BCUT2D eigenvalue weighted by Crippen LogP contribution is -2.48. The van der Waals surface area contributed by atoms with Crippen LogP contribution >= 0.6 is 46.9 Å². The molecule has 5 nitrogen and oxygen atoms in total. The van der Waals surface area contributed by atoms with Crippen LogP contribution in [0.2, 0.25) is 5.02 Å². The topological polar surface area (TPSA) is 48.9 Å². The predicted molar refractivity (Wildman–Crippen MR) is 131 cm³/mol. The van der Waals surface area contributed by atoms with Gasteiger partial charge in [0.25, 0.3) is 0 Å². The van der Waals surface area contributed by atoms with Crippen molar-refractivity contribution < 1.29 is 4.74 Å². The normalized spacial score (nSPS) is 15.1. The quantitative estimate of drug-likeness (QED) is 0.319. The molecule has 0 aliphatic carbocycles. The Morgan fingerprint density at radius 3 is 2.75 bits per heavy atom. The van der Waals surface area contributed by atoms with E-state index < -0.39 is 0 Å². The number of methoxy groups -OCH3 is 1. The number of halogens is 2. The van der Waals surface area contributed by atoms with Crippen LogP contribution in [0.5, 0.6) is 5.75 Å². The third kappa shape index (κ3) is 6.42. The molecule has 8 heteroatoms. The van der Waals surface area contributed by atoms with E-state index in [0.717, 1.165) is 49.7 Å². The molecule has 1 saturated heterocycles.